The minimum Gasteiger partial charge on any atom is -0.465 e. The molecule has 0 aliphatic heterocycles. The largest absolute Gasteiger partial charge is 0.465 e. The average Bonchev–Trinajstić information content (AvgIpc) is 2.25. The van der Waals surface area contributed by atoms with E-state index in [-0.39, 0.29) is 5.75 Å². The number of rotatable bonds is 4. The quantitative estimate of drug-likeness (QED) is 0.606. The number of esters is 1. The second-order valence-electron chi connectivity index (χ2n) is 2.96. The van der Waals surface area contributed by atoms with E-state index in [9.17, 15) is 13.2 Å². The van der Waals surface area contributed by atoms with Gasteiger partial charge in [0.05, 0.1) is 18.4 Å². The maximum Gasteiger partial charge on any atom is 0.338 e. The zero-order valence-corrected chi connectivity index (χ0v) is 9.20. The standard InChI is InChI=1S/C10H12O4S/c1-14-10(11)9-5-3-2-4-8(9)6-7-15(12)13/h2-5,15H,6-7H2,1H3. The average molecular weight is 228 g/mol. The van der Waals surface area contributed by atoms with Crippen LogP contribution in [0.1, 0.15) is 15.9 Å². The van der Waals surface area contributed by atoms with E-state index in [1.165, 1.54) is 7.11 Å². The highest BCUT2D eigenvalue weighted by Gasteiger charge is 2.10. The van der Waals surface area contributed by atoms with Crippen LogP contribution in [0, 0.1) is 0 Å². The molecule has 0 aliphatic rings. The van der Waals surface area contributed by atoms with Crippen molar-refractivity contribution in [2.24, 2.45) is 0 Å². The molecule has 82 valence electrons. The molecule has 0 aromatic heterocycles. The molecule has 0 atom stereocenters. The molecule has 0 bridgehead atoms. The van der Waals surface area contributed by atoms with E-state index in [0.29, 0.717) is 17.5 Å². The van der Waals surface area contributed by atoms with Crippen molar-refractivity contribution in [3.63, 3.8) is 0 Å². The Balaban J connectivity index is 2.91. The molecule has 0 unspecified atom stereocenters. The summed E-state index contributed by atoms with van der Waals surface area (Å²) in [5.41, 5.74) is 1.13. The summed E-state index contributed by atoms with van der Waals surface area (Å²) in [5.74, 6) is -0.393. The van der Waals surface area contributed by atoms with Gasteiger partial charge in [-0.05, 0) is 18.1 Å². The predicted octanol–water partition coefficient (Wildman–Crippen LogP) is 0.627. The zero-order chi connectivity index (χ0) is 11.3. The minimum atomic E-state index is -2.41. The zero-order valence-electron chi connectivity index (χ0n) is 8.30. The fraction of sp³-hybridized carbons (Fsp3) is 0.300. The number of hydrogen-bond acceptors (Lipinski definition) is 4. The van der Waals surface area contributed by atoms with Gasteiger partial charge in [0.2, 0.25) is 0 Å². The van der Waals surface area contributed by atoms with E-state index in [0.717, 1.165) is 0 Å². The van der Waals surface area contributed by atoms with Gasteiger partial charge in [0, 0.05) is 0 Å². The van der Waals surface area contributed by atoms with Crippen LogP contribution in [0.3, 0.4) is 0 Å². The van der Waals surface area contributed by atoms with Crippen molar-refractivity contribution in [1.82, 2.24) is 0 Å². The lowest BCUT2D eigenvalue weighted by Gasteiger charge is -2.05. The van der Waals surface area contributed by atoms with Gasteiger partial charge in [0.25, 0.3) is 0 Å². The Morgan fingerprint density at radius 1 is 1.33 bits per heavy atom. The maximum atomic E-state index is 11.3. The molecule has 1 rings (SSSR count). The van der Waals surface area contributed by atoms with Crippen LogP contribution >= 0.6 is 0 Å². The summed E-state index contributed by atoms with van der Waals surface area (Å²) in [5, 5.41) is 0. The molecule has 1 aromatic rings. The van der Waals surface area contributed by atoms with Gasteiger partial charge in [-0.1, -0.05) is 18.2 Å². The minimum absolute atomic E-state index is 0.0450. The third-order valence-corrected chi connectivity index (χ3v) is 2.58. The van der Waals surface area contributed by atoms with Crippen LogP contribution in [-0.4, -0.2) is 27.2 Å². The van der Waals surface area contributed by atoms with Crippen molar-refractivity contribution in [3.05, 3.63) is 35.4 Å². The highest BCUT2D eigenvalue weighted by Crippen LogP contribution is 2.10. The van der Waals surface area contributed by atoms with Crippen molar-refractivity contribution in [2.75, 3.05) is 12.9 Å². The van der Waals surface area contributed by atoms with E-state index in [1.807, 2.05) is 0 Å². The van der Waals surface area contributed by atoms with Gasteiger partial charge in [0.1, 0.15) is 10.7 Å². The van der Waals surface area contributed by atoms with Gasteiger partial charge in [-0.15, -0.1) is 0 Å². The molecule has 0 amide bonds. The summed E-state index contributed by atoms with van der Waals surface area (Å²) < 4.78 is 25.5. The van der Waals surface area contributed by atoms with Gasteiger partial charge < -0.3 is 4.74 Å². The van der Waals surface area contributed by atoms with Crippen LogP contribution in [0.2, 0.25) is 0 Å². The Morgan fingerprint density at radius 3 is 2.60 bits per heavy atom. The normalized spacial score (nSPS) is 10.3. The van der Waals surface area contributed by atoms with Crippen molar-refractivity contribution < 1.29 is 17.9 Å². The fourth-order valence-electron chi connectivity index (χ4n) is 1.26. The molecule has 0 saturated heterocycles. The number of carbonyl (C=O) groups is 1. The number of methoxy groups -OCH3 is 1. The Kier molecular flexibility index (Phi) is 4.30. The topological polar surface area (TPSA) is 60.4 Å². The molecule has 0 aliphatic carbocycles. The smallest absolute Gasteiger partial charge is 0.338 e. The molecular weight excluding hydrogens is 216 g/mol. The Bertz CT molecular complexity index is 415. The molecular formula is C10H12O4S. The number of ether oxygens (including phenoxy) is 1. The molecule has 0 spiro atoms. The molecule has 1 aromatic carbocycles. The Morgan fingerprint density at radius 2 is 2.00 bits per heavy atom. The lowest BCUT2D eigenvalue weighted by atomic mass is 10.1. The SMILES string of the molecule is COC(=O)c1ccccc1CC[SH](=O)=O. The summed E-state index contributed by atoms with van der Waals surface area (Å²) in [4.78, 5) is 11.3. The monoisotopic (exact) mass is 228 g/mol. The van der Waals surface area contributed by atoms with Gasteiger partial charge in [-0.25, -0.2) is 13.2 Å². The van der Waals surface area contributed by atoms with E-state index in [2.05, 4.69) is 4.74 Å². The van der Waals surface area contributed by atoms with Crippen LogP contribution < -0.4 is 0 Å². The molecule has 0 heterocycles. The van der Waals surface area contributed by atoms with E-state index in [4.69, 9.17) is 0 Å². The van der Waals surface area contributed by atoms with Crippen LogP contribution in [-0.2, 0) is 21.9 Å². The summed E-state index contributed by atoms with van der Waals surface area (Å²) in [6, 6.07) is 6.83. The van der Waals surface area contributed by atoms with Crippen molar-refractivity contribution >= 4 is 16.7 Å². The Hall–Kier alpha value is -1.36. The van der Waals surface area contributed by atoms with E-state index >= 15 is 0 Å². The lowest BCUT2D eigenvalue weighted by Crippen LogP contribution is -2.07. The predicted molar refractivity (Wildman–Crippen MR) is 56.7 cm³/mol. The molecule has 0 N–H and O–H groups in total. The molecule has 0 radical (unpaired) electrons. The van der Waals surface area contributed by atoms with E-state index in [1.54, 1.807) is 24.3 Å². The number of hydrogen-bond donors (Lipinski definition) is 1. The van der Waals surface area contributed by atoms with Crippen LogP contribution in [0.25, 0.3) is 0 Å². The lowest BCUT2D eigenvalue weighted by molar-refractivity contribution is 0.0599. The summed E-state index contributed by atoms with van der Waals surface area (Å²) in [7, 11) is -1.11. The third-order valence-electron chi connectivity index (χ3n) is 1.99. The summed E-state index contributed by atoms with van der Waals surface area (Å²) >= 11 is 0. The number of benzene rings is 1. The second kappa shape index (κ2) is 5.50. The molecule has 0 fully saturated rings. The first-order chi connectivity index (χ1) is 7.15. The van der Waals surface area contributed by atoms with Crippen LogP contribution in [0.15, 0.2) is 24.3 Å². The molecule has 5 heteroatoms. The first-order valence-corrected chi connectivity index (χ1v) is 5.79. The highest BCUT2D eigenvalue weighted by atomic mass is 32.2. The van der Waals surface area contributed by atoms with Crippen molar-refractivity contribution in [3.8, 4) is 0 Å². The second-order valence-corrected chi connectivity index (χ2v) is 4.07. The number of thiol groups is 1. The van der Waals surface area contributed by atoms with Gasteiger partial charge in [-0.2, -0.15) is 0 Å². The van der Waals surface area contributed by atoms with Gasteiger partial charge >= 0.3 is 5.97 Å². The fourth-order valence-corrected chi connectivity index (χ4v) is 1.68. The number of aryl methyl sites for hydroxylation is 1. The Labute approximate surface area is 89.8 Å². The van der Waals surface area contributed by atoms with Crippen LogP contribution in [0.5, 0.6) is 0 Å². The molecule has 4 nitrogen and oxygen atoms in total. The summed E-state index contributed by atoms with van der Waals surface area (Å²) in [6.45, 7) is 0. The van der Waals surface area contributed by atoms with E-state index < -0.39 is 16.7 Å². The first kappa shape index (κ1) is 11.7. The highest BCUT2D eigenvalue weighted by molar-refractivity contribution is 7.72. The van der Waals surface area contributed by atoms with Gasteiger partial charge in [0.15, 0.2) is 0 Å². The van der Waals surface area contributed by atoms with Crippen molar-refractivity contribution in [2.45, 2.75) is 6.42 Å². The molecule has 15 heavy (non-hydrogen) atoms. The van der Waals surface area contributed by atoms with Crippen molar-refractivity contribution in [1.29, 1.82) is 0 Å². The first-order valence-electron chi connectivity index (χ1n) is 4.43. The summed E-state index contributed by atoms with van der Waals surface area (Å²) in [6.07, 6.45) is 0.337. The molecule has 0 saturated carbocycles. The van der Waals surface area contributed by atoms with Gasteiger partial charge in [-0.3, -0.25) is 0 Å². The maximum absolute atomic E-state index is 11.3. The third kappa shape index (κ3) is 3.36. The van der Waals surface area contributed by atoms with Crippen LogP contribution in [0.4, 0.5) is 0 Å². The number of carbonyl (C=O) groups excluding carboxylic acids is 1.